The summed E-state index contributed by atoms with van der Waals surface area (Å²) in [6.07, 6.45) is 3.77. The van der Waals surface area contributed by atoms with E-state index < -0.39 is 33.3 Å². The van der Waals surface area contributed by atoms with E-state index in [4.69, 9.17) is 4.74 Å². The van der Waals surface area contributed by atoms with Gasteiger partial charge in [-0.05, 0) is 55.7 Å². The number of carbonyl (C=O) groups is 3. The highest BCUT2D eigenvalue weighted by molar-refractivity contribution is 7.90. The van der Waals surface area contributed by atoms with Crippen molar-refractivity contribution in [3.63, 3.8) is 0 Å². The summed E-state index contributed by atoms with van der Waals surface area (Å²) in [5.41, 5.74) is 1.14. The van der Waals surface area contributed by atoms with Gasteiger partial charge in [0.05, 0.1) is 18.4 Å². The molecule has 2 aliphatic heterocycles. The van der Waals surface area contributed by atoms with Crippen molar-refractivity contribution in [1.82, 2.24) is 19.9 Å². The SMILES string of the molecule is COc1cccc2[nH]c(C(=O)N3CC4CCCC4C3C(=O)N[C@H](C=O)CC3CCNS3(=O)=O)cc12. The zero-order valence-corrected chi connectivity index (χ0v) is 20.3. The number of hydrogen-bond acceptors (Lipinski definition) is 6. The van der Waals surface area contributed by atoms with Crippen LogP contribution in [0.4, 0.5) is 0 Å². The minimum atomic E-state index is -3.48. The largest absolute Gasteiger partial charge is 0.496 e. The monoisotopic (exact) mass is 502 g/mol. The average Bonchev–Trinajstić information content (AvgIpc) is 3.60. The normalized spacial score (nSPS) is 28.1. The topological polar surface area (TPSA) is 138 Å². The Morgan fingerprint density at radius 3 is 2.83 bits per heavy atom. The van der Waals surface area contributed by atoms with Crippen LogP contribution in [0.1, 0.15) is 42.6 Å². The molecule has 3 aliphatic rings. The number of amides is 2. The molecule has 2 saturated heterocycles. The maximum absolute atomic E-state index is 13.6. The molecule has 0 bridgehead atoms. The molecule has 1 aromatic carbocycles. The molecule has 1 aliphatic carbocycles. The molecule has 188 valence electrons. The summed E-state index contributed by atoms with van der Waals surface area (Å²) in [6.45, 7) is 0.803. The summed E-state index contributed by atoms with van der Waals surface area (Å²) in [5.74, 6) is 0.213. The molecular weight excluding hydrogens is 472 g/mol. The lowest BCUT2D eigenvalue weighted by Gasteiger charge is -2.28. The lowest BCUT2D eigenvalue weighted by molar-refractivity contribution is -0.128. The molecule has 3 heterocycles. The first-order chi connectivity index (χ1) is 16.8. The highest BCUT2D eigenvalue weighted by Crippen LogP contribution is 2.43. The zero-order chi connectivity index (χ0) is 24.7. The second kappa shape index (κ2) is 9.27. The van der Waals surface area contributed by atoms with Gasteiger partial charge in [0, 0.05) is 24.0 Å². The minimum Gasteiger partial charge on any atom is -0.496 e. The molecule has 1 saturated carbocycles. The Labute approximate surface area is 203 Å². The molecular formula is C24H30N4O6S. The molecule has 2 aromatic rings. The van der Waals surface area contributed by atoms with Crippen LogP contribution in [-0.2, 0) is 19.6 Å². The van der Waals surface area contributed by atoms with Gasteiger partial charge in [0.15, 0.2) is 0 Å². The Morgan fingerprint density at radius 2 is 2.11 bits per heavy atom. The van der Waals surface area contributed by atoms with Gasteiger partial charge in [-0.2, -0.15) is 0 Å². The van der Waals surface area contributed by atoms with Crippen molar-refractivity contribution < 1.29 is 27.5 Å². The molecule has 5 rings (SSSR count). The van der Waals surface area contributed by atoms with E-state index in [-0.39, 0.29) is 24.2 Å². The number of rotatable bonds is 7. The summed E-state index contributed by atoms with van der Waals surface area (Å²) in [7, 11) is -1.91. The molecule has 3 N–H and O–H groups in total. The molecule has 4 unspecified atom stereocenters. The lowest BCUT2D eigenvalue weighted by Crippen LogP contribution is -2.52. The maximum Gasteiger partial charge on any atom is 0.271 e. The number of hydrogen-bond donors (Lipinski definition) is 3. The number of ether oxygens (including phenoxy) is 1. The Morgan fingerprint density at radius 1 is 1.29 bits per heavy atom. The van der Waals surface area contributed by atoms with Crippen molar-refractivity contribution in [2.45, 2.75) is 49.4 Å². The second-order valence-corrected chi connectivity index (χ2v) is 11.7. The van der Waals surface area contributed by atoms with Crippen molar-refractivity contribution >= 4 is 39.0 Å². The van der Waals surface area contributed by atoms with Gasteiger partial charge >= 0.3 is 0 Å². The molecule has 3 fully saturated rings. The Hall–Kier alpha value is -2.92. The van der Waals surface area contributed by atoms with Gasteiger partial charge in [-0.25, -0.2) is 13.1 Å². The maximum atomic E-state index is 13.6. The predicted octanol–water partition coefficient (Wildman–Crippen LogP) is 1.18. The fraction of sp³-hybridized carbons (Fsp3) is 0.542. The number of fused-ring (bicyclic) bond motifs is 2. The molecule has 1 aromatic heterocycles. The number of aromatic nitrogens is 1. The Bertz CT molecular complexity index is 1260. The number of aromatic amines is 1. The highest BCUT2D eigenvalue weighted by Gasteiger charge is 2.50. The number of carbonyl (C=O) groups excluding carboxylic acids is 3. The lowest BCUT2D eigenvalue weighted by atomic mass is 9.93. The van der Waals surface area contributed by atoms with E-state index in [1.165, 1.54) is 0 Å². The number of nitrogens with zero attached hydrogens (tertiary/aromatic N) is 1. The highest BCUT2D eigenvalue weighted by atomic mass is 32.2. The third kappa shape index (κ3) is 4.31. The van der Waals surface area contributed by atoms with Gasteiger partial charge in [0.2, 0.25) is 15.9 Å². The number of methoxy groups -OCH3 is 1. The van der Waals surface area contributed by atoms with E-state index in [1.54, 1.807) is 18.1 Å². The number of aldehydes is 1. The van der Waals surface area contributed by atoms with Crippen LogP contribution in [0.2, 0.25) is 0 Å². The first-order valence-corrected chi connectivity index (χ1v) is 13.6. The van der Waals surface area contributed by atoms with Crippen LogP contribution in [0.15, 0.2) is 24.3 Å². The van der Waals surface area contributed by atoms with E-state index >= 15 is 0 Å². The summed E-state index contributed by atoms with van der Waals surface area (Å²) in [4.78, 5) is 43.6. The summed E-state index contributed by atoms with van der Waals surface area (Å²) < 4.78 is 32.1. The van der Waals surface area contributed by atoms with E-state index in [2.05, 4.69) is 15.0 Å². The first kappa shape index (κ1) is 23.8. The first-order valence-electron chi connectivity index (χ1n) is 12.0. The number of likely N-dealkylation sites (tertiary alicyclic amines) is 1. The van der Waals surface area contributed by atoms with Gasteiger partial charge in [-0.15, -0.1) is 0 Å². The molecule has 11 heteroatoms. The van der Waals surface area contributed by atoms with Crippen LogP contribution in [-0.4, -0.2) is 73.9 Å². The Balaban J connectivity index is 1.37. The van der Waals surface area contributed by atoms with Gasteiger partial charge in [-0.1, -0.05) is 12.5 Å². The van der Waals surface area contributed by atoms with Crippen LogP contribution in [0.3, 0.4) is 0 Å². The minimum absolute atomic E-state index is 0.0150. The van der Waals surface area contributed by atoms with Crippen molar-refractivity contribution in [1.29, 1.82) is 0 Å². The third-order valence-corrected chi connectivity index (χ3v) is 9.62. The summed E-state index contributed by atoms with van der Waals surface area (Å²) in [5, 5.41) is 2.80. The molecule has 35 heavy (non-hydrogen) atoms. The third-order valence-electron chi connectivity index (χ3n) is 7.71. The van der Waals surface area contributed by atoms with E-state index in [9.17, 15) is 22.8 Å². The molecule has 2 amide bonds. The van der Waals surface area contributed by atoms with Crippen LogP contribution >= 0.6 is 0 Å². The van der Waals surface area contributed by atoms with E-state index in [0.717, 1.165) is 30.2 Å². The smallest absolute Gasteiger partial charge is 0.271 e. The number of H-pyrrole nitrogens is 1. The number of nitrogens with one attached hydrogen (secondary N) is 3. The molecule has 5 atom stereocenters. The standard InChI is InChI=1S/C24H30N4O6S/c1-34-21-7-3-6-19-18(21)11-20(27-19)24(31)28-12-14-4-2-5-17(14)22(28)23(30)26-15(13-29)10-16-8-9-25-35(16,32)33/h3,6-7,11,13-17,22,25,27H,2,4-5,8-10,12H2,1H3,(H,26,30)/t14?,15-,16?,17?,22?/m0/s1. The zero-order valence-electron chi connectivity index (χ0n) is 19.5. The van der Waals surface area contributed by atoms with E-state index in [1.807, 2.05) is 18.2 Å². The summed E-state index contributed by atoms with van der Waals surface area (Å²) in [6, 6.07) is 5.62. The molecule has 10 nitrogen and oxygen atoms in total. The fourth-order valence-corrected chi connectivity index (χ4v) is 7.53. The second-order valence-electron chi connectivity index (χ2n) is 9.70. The Kier molecular flexibility index (Phi) is 6.30. The van der Waals surface area contributed by atoms with Gasteiger partial charge in [0.25, 0.3) is 5.91 Å². The molecule has 0 spiro atoms. The van der Waals surface area contributed by atoms with Crippen molar-refractivity contribution in [2.75, 3.05) is 20.2 Å². The van der Waals surface area contributed by atoms with Crippen molar-refractivity contribution in [2.24, 2.45) is 11.8 Å². The van der Waals surface area contributed by atoms with Gasteiger partial charge in [-0.3, -0.25) is 9.59 Å². The predicted molar refractivity (Wildman–Crippen MR) is 128 cm³/mol. The number of benzene rings is 1. The fourth-order valence-electron chi connectivity index (χ4n) is 6.01. The van der Waals surface area contributed by atoms with Gasteiger partial charge < -0.3 is 24.7 Å². The molecule has 0 radical (unpaired) electrons. The number of sulfonamides is 1. The van der Waals surface area contributed by atoms with Crippen LogP contribution in [0.25, 0.3) is 10.9 Å². The van der Waals surface area contributed by atoms with Crippen LogP contribution < -0.4 is 14.8 Å². The van der Waals surface area contributed by atoms with Gasteiger partial charge in [0.1, 0.15) is 23.8 Å². The van der Waals surface area contributed by atoms with Crippen LogP contribution in [0, 0.1) is 11.8 Å². The average molecular weight is 503 g/mol. The summed E-state index contributed by atoms with van der Waals surface area (Å²) >= 11 is 0. The van der Waals surface area contributed by atoms with Crippen molar-refractivity contribution in [3.05, 3.63) is 30.0 Å². The van der Waals surface area contributed by atoms with Crippen LogP contribution in [0.5, 0.6) is 5.75 Å². The van der Waals surface area contributed by atoms with E-state index in [0.29, 0.717) is 37.2 Å². The van der Waals surface area contributed by atoms with Crippen molar-refractivity contribution in [3.8, 4) is 5.75 Å². The quantitative estimate of drug-likeness (QED) is 0.486.